The highest BCUT2D eigenvalue weighted by Gasteiger charge is 2.31. The van der Waals surface area contributed by atoms with E-state index in [0.29, 0.717) is 11.7 Å². The number of ether oxygens (including phenoxy) is 1. The van der Waals surface area contributed by atoms with Crippen molar-refractivity contribution in [1.29, 1.82) is 0 Å². The van der Waals surface area contributed by atoms with Gasteiger partial charge in [0.15, 0.2) is 0 Å². The second-order valence-corrected chi connectivity index (χ2v) is 7.01. The number of halogens is 4. The summed E-state index contributed by atoms with van der Waals surface area (Å²) in [5, 5.41) is 3.83. The van der Waals surface area contributed by atoms with E-state index in [-0.39, 0.29) is 11.2 Å². The molecule has 0 spiro atoms. The molecule has 0 bridgehead atoms. The summed E-state index contributed by atoms with van der Waals surface area (Å²) in [5.41, 5.74) is 1.93. The molecule has 0 saturated heterocycles. The van der Waals surface area contributed by atoms with Gasteiger partial charge >= 0.3 is 6.36 Å². The largest absolute Gasteiger partial charge is 0.573 e. The van der Waals surface area contributed by atoms with E-state index < -0.39 is 6.36 Å². The van der Waals surface area contributed by atoms with Crippen molar-refractivity contribution >= 4 is 11.6 Å². The van der Waals surface area contributed by atoms with Gasteiger partial charge in [0.05, 0.1) is 0 Å². The van der Waals surface area contributed by atoms with Gasteiger partial charge < -0.3 is 10.1 Å². The van der Waals surface area contributed by atoms with Gasteiger partial charge in [0.1, 0.15) is 10.9 Å². The summed E-state index contributed by atoms with van der Waals surface area (Å²) < 4.78 is 40.4. The Hall–Kier alpha value is -1.79. The van der Waals surface area contributed by atoms with Crippen LogP contribution in [0.15, 0.2) is 42.6 Å². The van der Waals surface area contributed by atoms with Gasteiger partial charge in [-0.1, -0.05) is 43.6 Å². The van der Waals surface area contributed by atoms with Crippen molar-refractivity contribution in [3.8, 4) is 5.75 Å². The van der Waals surface area contributed by atoms with E-state index in [1.807, 2.05) is 6.07 Å². The van der Waals surface area contributed by atoms with Crippen molar-refractivity contribution in [2.45, 2.75) is 33.2 Å². The second-order valence-electron chi connectivity index (χ2n) is 6.63. The van der Waals surface area contributed by atoms with Crippen molar-refractivity contribution in [3.63, 3.8) is 0 Å². The third-order valence-electron chi connectivity index (χ3n) is 3.56. The van der Waals surface area contributed by atoms with Gasteiger partial charge in [0.25, 0.3) is 0 Å². The van der Waals surface area contributed by atoms with Crippen LogP contribution in [-0.4, -0.2) is 17.9 Å². The lowest BCUT2D eigenvalue weighted by atomic mass is 9.85. The Balaban J connectivity index is 1.84. The molecule has 1 aromatic heterocycles. The number of rotatable bonds is 7. The molecule has 0 saturated carbocycles. The van der Waals surface area contributed by atoms with Crippen LogP contribution in [0.3, 0.4) is 0 Å². The van der Waals surface area contributed by atoms with E-state index in [9.17, 15) is 13.2 Å². The number of pyridine rings is 1. The first-order valence-corrected chi connectivity index (χ1v) is 8.17. The van der Waals surface area contributed by atoms with Gasteiger partial charge in [0.2, 0.25) is 0 Å². The number of alkyl halides is 3. The Kier molecular flexibility index (Phi) is 6.30. The van der Waals surface area contributed by atoms with Gasteiger partial charge in [-0.3, -0.25) is 0 Å². The zero-order chi connectivity index (χ0) is 18.5. The fraction of sp³-hybridized carbons (Fsp3) is 0.389. The highest BCUT2D eigenvalue weighted by Crippen LogP contribution is 2.26. The highest BCUT2D eigenvalue weighted by molar-refractivity contribution is 6.29. The molecule has 0 radical (unpaired) electrons. The minimum Gasteiger partial charge on any atom is -0.406 e. The van der Waals surface area contributed by atoms with Gasteiger partial charge in [0, 0.05) is 19.3 Å². The molecule has 25 heavy (non-hydrogen) atoms. The maximum atomic E-state index is 12.2. The lowest BCUT2D eigenvalue weighted by Gasteiger charge is -2.25. The topological polar surface area (TPSA) is 34.2 Å². The van der Waals surface area contributed by atoms with Gasteiger partial charge in [-0.15, -0.1) is 13.2 Å². The summed E-state index contributed by atoms with van der Waals surface area (Å²) in [7, 11) is 0. The van der Waals surface area contributed by atoms with Crippen LogP contribution in [0.5, 0.6) is 5.75 Å². The normalized spacial score (nSPS) is 12.2. The van der Waals surface area contributed by atoms with Crippen LogP contribution >= 0.6 is 11.6 Å². The second kappa shape index (κ2) is 8.06. The van der Waals surface area contributed by atoms with E-state index in [1.54, 1.807) is 24.4 Å². The van der Waals surface area contributed by atoms with Gasteiger partial charge in [-0.2, -0.15) is 0 Å². The van der Waals surface area contributed by atoms with Crippen LogP contribution in [0, 0.1) is 5.41 Å². The molecule has 2 aromatic rings. The number of hydrogen-bond donors (Lipinski definition) is 1. The van der Waals surface area contributed by atoms with Crippen LogP contribution in [0.25, 0.3) is 0 Å². The molecule has 1 heterocycles. The van der Waals surface area contributed by atoms with E-state index >= 15 is 0 Å². The SMILES string of the molecule is CC(C)(CNCc1ccc(Cl)nc1)Cc1ccc(OC(F)(F)F)cc1. The molecule has 0 atom stereocenters. The Labute approximate surface area is 150 Å². The van der Waals surface area contributed by atoms with Crippen LogP contribution in [-0.2, 0) is 13.0 Å². The maximum Gasteiger partial charge on any atom is 0.573 e. The molecule has 2 rings (SSSR count). The summed E-state index contributed by atoms with van der Waals surface area (Å²) >= 11 is 5.75. The van der Waals surface area contributed by atoms with Gasteiger partial charge in [-0.25, -0.2) is 4.98 Å². The molecule has 136 valence electrons. The van der Waals surface area contributed by atoms with E-state index in [1.165, 1.54) is 12.1 Å². The summed E-state index contributed by atoms with van der Waals surface area (Å²) in [4.78, 5) is 4.03. The molecule has 0 amide bonds. The van der Waals surface area contributed by atoms with E-state index in [0.717, 1.165) is 24.1 Å². The molecule has 0 unspecified atom stereocenters. The Morgan fingerprint density at radius 3 is 2.24 bits per heavy atom. The predicted octanol–water partition coefficient (Wildman–Crippen LogP) is 4.99. The fourth-order valence-corrected chi connectivity index (χ4v) is 2.59. The molecule has 0 aliphatic rings. The van der Waals surface area contributed by atoms with Crippen LogP contribution in [0.1, 0.15) is 25.0 Å². The molecule has 1 N–H and O–H groups in total. The summed E-state index contributed by atoms with van der Waals surface area (Å²) in [6, 6.07) is 9.65. The molecule has 0 aliphatic heterocycles. The van der Waals surface area contributed by atoms with Gasteiger partial charge in [-0.05, 0) is 41.2 Å². The highest BCUT2D eigenvalue weighted by atomic mass is 35.5. The number of aromatic nitrogens is 1. The van der Waals surface area contributed by atoms with Crippen molar-refractivity contribution in [2.75, 3.05) is 6.54 Å². The van der Waals surface area contributed by atoms with Crippen molar-refractivity contribution in [3.05, 3.63) is 58.9 Å². The van der Waals surface area contributed by atoms with Crippen molar-refractivity contribution in [1.82, 2.24) is 10.3 Å². The lowest BCUT2D eigenvalue weighted by molar-refractivity contribution is -0.274. The molecule has 7 heteroatoms. The monoisotopic (exact) mass is 372 g/mol. The Morgan fingerprint density at radius 1 is 1.04 bits per heavy atom. The zero-order valence-corrected chi connectivity index (χ0v) is 14.8. The van der Waals surface area contributed by atoms with Crippen LogP contribution in [0.4, 0.5) is 13.2 Å². The fourth-order valence-electron chi connectivity index (χ4n) is 2.48. The van der Waals surface area contributed by atoms with Crippen molar-refractivity contribution in [2.24, 2.45) is 5.41 Å². The lowest BCUT2D eigenvalue weighted by Crippen LogP contribution is -2.30. The quantitative estimate of drug-likeness (QED) is 0.695. The summed E-state index contributed by atoms with van der Waals surface area (Å²) in [5.74, 6) is -0.206. The first kappa shape index (κ1) is 19.5. The summed E-state index contributed by atoms with van der Waals surface area (Å²) in [6.07, 6.45) is -2.21. The third-order valence-corrected chi connectivity index (χ3v) is 3.78. The number of hydrogen-bond acceptors (Lipinski definition) is 3. The number of nitrogens with zero attached hydrogens (tertiary/aromatic N) is 1. The number of benzene rings is 1. The van der Waals surface area contributed by atoms with Crippen LogP contribution < -0.4 is 10.1 Å². The predicted molar refractivity (Wildman–Crippen MR) is 91.6 cm³/mol. The Morgan fingerprint density at radius 2 is 1.68 bits per heavy atom. The first-order valence-electron chi connectivity index (χ1n) is 7.79. The van der Waals surface area contributed by atoms with Crippen molar-refractivity contribution < 1.29 is 17.9 Å². The number of nitrogens with one attached hydrogen (secondary N) is 1. The van der Waals surface area contributed by atoms with Crippen LogP contribution in [0.2, 0.25) is 5.15 Å². The standard InChI is InChI=1S/C18H20ClF3N2O/c1-17(2,12-23-10-14-5-8-16(19)24-11-14)9-13-3-6-15(7-4-13)25-18(20,21)22/h3-8,11,23H,9-10,12H2,1-2H3. The van der Waals surface area contributed by atoms with E-state index in [4.69, 9.17) is 11.6 Å². The third kappa shape index (κ3) is 7.32. The van der Waals surface area contributed by atoms with E-state index in [2.05, 4.69) is 28.9 Å². The molecule has 0 aliphatic carbocycles. The average Bonchev–Trinajstić information content (AvgIpc) is 2.49. The molecule has 1 aromatic carbocycles. The molecular formula is C18H20ClF3N2O. The Bertz CT molecular complexity index is 670. The minimum atomic E-state index is -4.67. The molecule has 0 fully saturated rings. The molecule has 3 nitrogen and oxygen atoms in total. The summed E-state index contributed by atoms with van der Waals surface area (Å²) in [6.45, 7) is 5.61. The maximum absolute atomic E-state index is 12.2. The first-order chi connectivity index (χ1) is 11.6. The minimum absolute atomic E-state index is 0.0632. The average molecular weight is 373 g/mol. The molecular weight excluding hydrogens is 353 g/mol. The smallest absolute Gasteiger partial charge is 0.406 e. The zero-order valence-electron chi connectivity index (χ0n) is 14.0.